The van der Waals surface area contributed by atoms with Crippen LogP contribution in [0.3, 0.4) is 0 Å². The number of carbonyl (C=O) groups is 1. The average molecular weight is 185 g/mol. The highest BCUT2D eigenvalue weighted by Crippen LogP contribution is 2.12. The second kappa shape index (κ2) is 5.38. The van der Waals surface area contributed by atoms with Crippen LogP contribution < -0.4 is 0 Å². The van der Waals surface area contributed by atoms with Crippen molar-refractivity contribution in [3.8, 4) is 0 Å². The van der Waals surface area contributed by atoms with E-state index in [1.54, 1.807) is 0 Å². The van der Waals surface area contributed by atoms with Crippen LogP contribution in [0.15, 0.2) is 0 Å². The molecule has 0 aliphatic heterocycles. The van der Waals surface area contributed by atoms with Crippen molar-refractivity contribution in [3.63, 3.8) is 0 Å². The zero-order chi connectivity index (χ0) is 10.6. The molecule has 0 amide bonds. The van der Waals surface area contributed by atoms with Crippen LogP contribution in [-0.2, 0) is 4.79 Å². The number of rotatable bonds is 5. The summed E-state index contributed by atoms with van der Waals surface area (Å²) in [5, 5.41) is 0. The average Bonchev–Trinajstić information content (AvgIpc) is 2.12. The van der Waals surface area contributed by atoms with E-state index >= 15 is 0 Å². The Morgan fingerprint density at radius 2 is 1.69 bits per heavy atom. The van der Waals surface area contributed by atoms with E-state index in [1.165, 1.54) is 0 Å². The Bertz CT molecular complexity index is 165. The highest BCUT2D eigenvalue weighted by molar-refractivity contribution is 5.83. The second-order valence-corrected chi connectivity index (χ2v) is 4.15. The zero-order valence-corrected chi connectivity index (χ0v) is 9.79. The summed E-state index contributed by atoms with van der Waals surface area (Å²) in [5.41, 5.74) is 0. The van der Waals surface area contributed by atoms with Gasteiger partial charge in [0.15, 0.2) is 0 Å². The van der Waals surface area contributed by atoms with Gasteiger partial charge in [0.2, 0.25) is 0 Å². The second-order valence-electron chi connectivity index (χ2n) is 4.15. The van der Waals surface area contributed by atoms with Crippen LogP contribution in [0, 0.1) is 5.92 Å². The van der Waals surface area contributed by atoms with Crippen molar-refractivity contribution in [2.45, 2.75) is 53.1 Å². The molecule has 0 aromatic carbocycles. The first-order valence-electron chi connectivity index (χ1n) is 5.16. The molecular weight excluding hydrogens is 162 g/mol. The third-order valence-corrected chi connectivity index (χ3v) is 3.03. The van der Waals surface area contributed by atoms with Gasteiger partial charge in [-0.05, 0) is 26.8 Å². The minimum atomic E-state index is 0.0578. The molecule has 0 saturated carbocycles. The summed E-state index contributed by atoms with van der Waals surface area (Å²) in [6.07, 6.45) is 0.635. The molecule has 13 heavy (non-hydrogen) atoms. The molecule has 0 saturated heterocycles. The third-order valence-electron chi connectivity index (χ3n) is 3.03. The van der Waals surface area contributed by atoms with Gasteiger partial charge in [-0.25, -0.2) is 0 Å². The summed E-state index contributed by atoms with van der Waals surface area (Å²) in [5.74, 6) is 0.923. The highest BCUT2D eigenvalue weighted by atomic mass is 16.1. The van der Waals surface area contributed by atoms with Crippen LogP contribution in [0.4, 0.5) is 0 Å². The fourth-order valence-electron chi connectivity index (χ4n) is 1.35. The summed E-state index contributed by atoms with van der Waals surface area (Å²) in [6.45, 7) is 10.5. The molecule has 0 aromatic heterocycles. The summed E-state index contributed by atoms with van der Waals surface area (Å²) in [4.78, 5) is 13.6. The molecule has 0 aliphatic rings. The predicted octanol–water partition coefficient (Wildman–Crippen LogP) is 2.33. The van der Waals surface area contributed by atoms with Crippen LogP contribution in [0.5, 0.6) is 0 Å². The van der Waals surface area contributed by atoms with Crippen molar-refractivity contribution < 1.29 is 4.79 Å². The standard InChI is InChI=1S/C11H23NO/c1-7-11(13)10(5)12(6)9(4)8(2)3/h8-10H,7H2,1-6H3. The van der Waals surface area contributed by atoms with Crippen LogP contribution in [-0.4, -0.2) is 29.8 Å². The molecule has 2 nitrogen and oxygen atoms in total. The molecule has 78 valence electrons. The number of carbonyl (C=O) groups excluding carboxylic acids is 1. The molecule has 2 heteroatoms. The van der Waals surface area contributed by atoms with Gasteiger partial charge >= 0.3 is 0 Å². The molecule has 0 heterocycles. The molecule has 0 aliphatic carbocycles. The van der Waals surface area contributed by atoms with E-state index in [9.17, 15) is 4.79 Å². The minimum absolute atomic E-state index is 0.0578. The first-order chi connectivity index (χ1) is 5.91. The molecule has 0 rings (SSSR count). The van der Waals surface area contributed by atoms with E-state index < -0.39 is 0 Å². The fourth-order valence-corrected chi connectivity index (χ4v) is 1.35. The smallest absolute Gasteiger partial charge is 0.149 e. The number of ketones is 1. The molecule has 0 spiro atoms. The van der Waals surface area contributed by atoms with Crippen molar-refractivity contribution >= 4 is 5.78 Å². The lowest BCUT2D eigenvalue weighted by Gasteiger charge is -2.32. The van der Waals surface area contributed by atoms with E-state index in [2.05, 4.69) is 25.7 Å². The maximum absolute atomic E-state index is 11.4. The minimum Gasteiger partial charge on any atom is -0.298 e. The third kappa shape index (κ3) is 3.47. The Kier molecular flexibility index (Phi) is 5.23. The van der Waals surface area contributed by atoms with E-state index in [0.717, 1.165) is 0 Å². The van der Waals surface area contributed by atoms with E-state index in [1.807, 2.05) is 20.9 Å². The fraction of sp³-hybridized carbons (Fsp3) is 0.909. The van der Waals surface area contributed by atoms with Crippen molar-refractivity contribution in [2.75, 3.05) is 7.05 Å². The monoisotopic (exact) mass is 185 g/mol. The zero-order valence-electron chi connectivity index (χ0n) is 9.79. The van der Waals surface area contributed by atoms with E-state index in [4.69, 9.17) is 0 Å². The topological polar surface area (TPSA) is 20.3 Å². The first-order valence-corrected chi connectivity index (χ1v) is 5.16. The van der Waals surface area contributed by atoms with Gasteiger partial charge in [0.25, 0.3) is 0 Å². The van der Waals surface area contributed by atoms with Crippen molar-refractivity contribution in [3.05, 3.63) is 0 Å². The van der Waals surface area contributed by atoms with Gasteiger partial charge in [0, 0.05) is 12.5 Å². The van der Waals surface area contributed by atoms with Crippen LogP contribution in [0.1, 0.15) is 41.0 Å². The van der Waals surface area contributed by atoms with Crippen molar-refractivity contribution in [1.29, 1.82) is 0 Å². The number of hydrogen-bond donors (Lipinski definition) is 0. The lowest BCUT2D eigenvalue weighted by Crippen LogP contribution is -2.43. The number of hydrogen-bond acceptors (Lipinski definition) is 2. The van der Waals surface area contributed by atoms with Crippen LogP contribution in [0.25, 0.3) is 0 Å². The molecule has 0 N–H and O–H groups in total. The Labute approximate surface area is 82.3 Å². The van der Waals surface area contributed by atoms with Gasteiger partial charge < -0.3 is 0 Å². The molecule has 2 unspecified atom stereocenters. The molecule has 0 fully saturated rings. The van der Waals surface area contributed by atoms with E-state index in [0.29, 0.717) is 24.2 Å². The first kappa shape index (κ1) is 12.6. The van der Waals surface area contributed by atoms with Gasteiger partial charge in [-0.1, -0.05) is 20.8 Å². The van der Waals surface area contributed by atoms with Gasteiger partial charge in [0.1, 0.15) is 5.78 Å². The highest BCUT2D eigenvalue weighted by Gasteiger charge is 2.22. The maximum Gasteiger partial charge on any atom is 0.149 e. The molecule has 0 aromatic rings. The normalized spacial score (nSPS) is 16.3. The quantitative estimate of drug-likeness (QED) is 0.655. The Hall–Kier alpha value is -0.370. The molecular formula is C11H23NO. The Morgan fingerprint density at radius 3 is 2.00 bits per heavy atom. The predicted molar refractivity (Wildman–Crippen MR) is 56.8 cm³/mol. The number of nitrogens with zero attached hydrogens (tertiary/aromatic N) is 1. The van der Waals surface area contributed by atoms with Crippen LogP contribution >= 0.6 is 0 Å². The van der Waals surface area contributed by atoms with E-state index in [-0.39, 0.29) is 6.04 Å². The number of likely N-dealkylation sites (N-methyl/N-ethyl adjacent to an activating group) is 1. The molecule has 0 bridgehead atoms. The Morgan fingerprint density at radius 1 is 1.23 bits per heavy atom. The SMILES string of the molecule is CCC(=O)C(C)N(C)C(C)C(C)C. The van der Waals surface area contributed by atoms with Gasteiger partial charge in [-0.15, -0.1) is 0 Å². The summed E-state index contributed by atoms with van der Waals surface area (Å²) >= 11 is 0. The summed E-state index contributed by atoms with van der Waals surface area (Å²) in [7, 11) is 2.03. The number of Topliss-reactive ketones (excluding diaryl/α,β-unsaturated/α-hetero) is 1. The Balaban J connectivity index is 4.24. The van der Waals surface area contributed by atoms with Gasteiger partial charge in [0.05, 0.1) is 6.04 Å². The maximum atomic E-state index is 11.4. The van der Waals surface area contributed by atoms with Crippen LogP contribution in [0.2, 0.25) is 0 Å². The summed E-state index contributed by atoms with van der Waals surface area (Å²) < 4.78 is 0. The van der Waals surface area contributed by atoms with Crippen molar-refractivity contribution in [1.82, 2.24) is 4.90 Å². The largest absolute Gasteiger partial charge is 0.298 e. The lowest BCUT2D eigenvalue weighted by atomic mass is 10.0. The summed E-state index contributed by atoms with van der Waals surface area (Å²) in [6, 6.07) is 0.521. The van der Waals surface area contributed by atoms with Gasteiger partial charge in [-0.2, -0.15) is 0 Å². The molecule has 0 radical (unpaired) electrons. The molecule has 2 atom stereocenters. The lowest BCUT2D eigenvalue weighted by molar-refractivity contribution is -0.123. The van der Waals surface area contributed by atoms with Gasteiger partial charge in [-0.3, -0.25) is 9.69 Å². The van der Waals surface area contributed by atoms with Crippen molar-refractivity contribution in [2.24, 2.45) is 5.92 Å².